The van der Waals surface area contributed by atoms with Gasteiger partial charge in [0, 0.05) is 31.0 Å². The summed E-state index contributed by atoms with van der Waals surface area (Å²) >= 11 is 0.973. The van der Waals surface area contributed by atoms with Gasteiger partial charge < -0.3 is 10.1 Å². The van der Waals surface area contributed by atoms with Crippen LogP contribution in [0.1, 0.15) is 12.2 Å². The molecule has 1 aliphatic rings. The highest BCUT2D eigenvalue weighted by molar-refractivity contribution is 7.02. The molecule has 0 saturated carbocycles. The number of aromatic amines is 1. The number of aryl methyl sites for hydroxylation is 1. The molecular formula is C8H13N3O2S. The standard InChI is InChI=1S/C8H13N3O2S/c12-8-10-7(11-14-8)2-1-6-5-9-3-4-13-6/h6,9H,1-5H2,(H,10,11,12)/t6-/m1/s1. The van der Waals surface area contributed by atoms with Crippen molar-refractivity contribution in [2.75, 3.05) is 19.7 Å². The molecule has 2 heterocycles. The molecule has 2 N–H and O–H groups in total. The number of rotatable bonds is 3. The van der Waals surface area contributed by atoms with Crippen LogP contribution >= 0.6 is 11.5 Å². The number of hydrogen-bond acceptors (Lipinski definition) is 5. The fraction of sp³-hybridized carbons (Fsp3) is 0.750. The summed E-state index contributed by atoms with van der Waals surface area (Å²) in [4.78, 5) is 13.4. The van der Waals surface area contributed by atoms with Gasteiger partial charge in [-0.25, -0.2) is 0 Å². The van der Waals surface area contributed by atoms with Gasteiger partial charge in [0.05, 0.1) is 12.7 Å². The van der Waals surface area contributed by atoms with Gasteiger partial charge in [0.2, 0.25) is 0 Å². The highest BCUT2D eigenvalue weighted by Gasteiger charge is 2.13. The lowest BCUT2D eigenvalue weighted by Gasteiger charge is -2.22. The Kier molecular flexibility index (Phi) is 3.28. The number of nitrogens with one attached hydrogen (secondary N) is 2. The van der Waals surface area contributed by atoms with Gasteiger partial charge in [0.25, 0.3) is 0 Å². The summed E-state index contributed by atoms with van der Waals surface area (Å²) in [5.41, 5.74) is 0. The molecule has 78 valence electrons. The summed E-state index contributed by atoms with van der Waals surface area (Å²) in [5.74, 6) is 0.772. The summed E-state index contributed by atoms with van der Waals surface area (Å²) in [6.45, 7) is 2.61. The molecule has 1 saturated heterocycles. The van der Waals surface area contributed by atoms with Crippen molar-refractivity contribution in [1.29, 1.82) is 0 Å². The van der Waals surface area contributed by atoms with Crippen LogP contribution < -0.4 is 10.2 Å². The maximum absolute atomic E-state index is 10.8. The lowest BCUT2D eigenvalue weighted by Crippen LogP contribution is -2.38. The Morgan fingerprint density at radius 2 is 2.57 bits per heavy atom. The Hall–Kier alpha value is -0.720. The number of nitrogens with zero attached hydrogens (tertiary/aromatic N) is 1. The zero-order valence-electron chi connectivity index (χ0n) is 7.78. The highest BCUT2D eigenvalue weighted by atomic mass is 32.1. The first-order valence-electron chi connectivity index (χ1n) is 4.72. The minimum atomic E-state index is -0.0808. The molecule has 2 rings (SSSR count). The van der Waals surface area contributed by atoms with Gasteiger partial charge in [-0.05, 0) is 6.42 Å². The monoisotopic (exact) mass is 215 g/mol. The number of hydrogen-bond donors (Lipinski definition) is 2. The second-order valence-electron chi connectivity index (χ2n) is 3.28. The van der Waals surface area contributed by atoms with E-state index in [1.807, 2.05) is 0 Å². The molecule has 0 bridgehead atoms. The van der Waals surface area contributed by atoms with Crippen molar-refractivity contribution < 1.29 is 4.74 Å². The minimum absolute atomic E-state index is 0.0808. The van der Waals surface area contributed by atoms with Crippen LogP contribution in [0.2, 0.25) is 0 Å². The summed E-state index contributed by atoms with van der Waals surface area (Å²) in [6, 6.07) is 0. The van der Waals surface area contributed by atoms with Crippen molar-refractivity contribution in [3.8, 4) is 0 Å². The predicted octanol–water partition coefficient (Wildman–Crippen LogP) is -0.248. The molecule has 5 nitrogen and oxygen atoms in total. The van der Waals surface area contributed by atoms with E-state index in [-0.39, 0.29) is 11.0 Å². The lowest BCUT2D eigenvalue weighted by molar-refractivity contribution is 0.0236. The van der Waals surface area contributed by atoms with Crippen molar-refractivity contribution in [3.63, 3.8) is 0 Å². The van der Waals surface area contributed by atoms with Crippen molar-refractivity contribution in [3.05, 3.63) is 15.5 Å². The Labute approximate surface area is 85.7 Å². The van der Waals surface area contributed by atoms with E-state index in [9.17, 15) is 4.79 Å². The number of aromatic nitrogens is 2. The molecule has 1 fully saturated rings. The van der Waals surface area contributed by atoms with E-state index in [1.54, 1.807) is 0 Å². The fourth-order valence-electron chi connectivity index (χ4n) is 1.47. The third kappa shape index (κ3) is 2.63. The molecule has 0 aliphatic carbocycles. The quantitative estimate of drug-likeness (QED) is 0.730. The molecule has 1 atom stereocenters. The SMILES string of the molecule is O=c1[nH]c(CC[C@@H]2CNCCO2)ns1. The molecule has 0 amide bonds. The molecule has 0 radical (unpaired) electrons. The van der Waals surface area contributed by atoms with Crippen LogP contribution in [0, 0.1) is 0 Å². The smallest absolute Gasteiger partial charge is 0.323 e. The second kappa shape index (κ2) is 4.68. The molecule has 14 heavy (non-hydrogen) atoms. The van der Waals surface area contributed by atoms with Gasteiger partial charge in [0.1, 0.15) is 5.82 Å². The second-order valence-corrected chi connectivity index (χ2v) is 4.01. The van der Waals surface area contributed by atoms with Crippen LogP contribution in [0.4, 0.5) is 0 Å². The highest BCUT2D eigenvalue weighted by Crippen LogP contribution is 2.05. The first kappa shape index (κ1) is 9.82. The fourth-order valence-corrected chi connectivity index (χ4v) is 1.96. The lowest BCUT2D eigenvalue weighted by atomic mass is 10.2. The van der Waals surface area contributed by atoms with Crippen LogP contribution in [-0.2, 0) is 11.2 Å². The van der Waals surface area contributed by atoms with Crippen LogP contribution in [0.15, 0.2) is 4.79 Å². The van der Waals surface area contributed by atoms with E-state index in [2.05, 4.69) is 14.7 Å². The van der Waals surface area contributed by atoms with Crippen molar-refractivity contribution >= 4 is 11.5 Å². The maximum atomic E-state index is 10.8. The van der Waals surface area contributed by atoms with E-state index < -0.39 is 0 Å². The Bertz CT molecular complexity index is 329. The van der Waals surface area contributed by atoms with Gasteiger partial charge in [-0.1, -0.05) is 0 Å². The predicted molar refractivity (Wildman–Crippen MR) is 53.7 cm³/mol. The molecule has 6 heteroatoms. The zero-order valence-corrected chi connectivity index (χ0v) is 8.60. The van der Waals surface area contributed by atoms with E-state index in [0.717, 1.165) is 49.9 Å². The maximum Gasteiger partial charge on any atom is 0.323 e. The Morgan fingerprint density at radius 1 is 1.64 bits per heavy atom. The van der Waals surface area contributed by atoms with Crippen molar-refractivity contribution in [2.24, 2.45) is 0 Å². The van der Waals surface area contributed by atoms with Gasteiger partial charge in [-0.15, -0.1) is 0 Å². The molecule has 0 spiro atoms. The molecule has 0 aromatic carbocycles. The van der Waals surface area contributed by atoms with E-state index >= 15 is 0 Å². The Morgan fingerprint density at radius 3 is 3.21 bits per heavy atom. The van der Waals surface area contributed by atoms with Gasteiger partial charge in [-0.2, -0.15) is 4.37 Å². The molecular weight excluding hydrogens is 202 g/mol. The van der Waals surface area contributed by atoms with E-state index in [0.29, 0.717) is 0 Å². The summed E-state index contributed by atoms with van der Waals surface area (Å²) < 4.78 is 9.53. The summed E-state index contributed by atoms with van der Waals surface area (Å²) in [7, 11) is 0. The average molecular weight is 215 g/mol. The van der Waals surface area contributed by atoms with Gasteiger partial charge in [-0.3, -0.25) is 9.78 Å². The van der Waals surface area contributed by atoms with Crippen LogP contribution in [-0.4, -0.2) is 35.2 Å². The van der Waals surface area contributed by atoms with Crippen molar-refractivity contribution in [1.82, 2.24) is 14.7 Å². The molecule has 0 unspecified atom stereocenters. The Balaban J connectivity index is 1.78. The molecule has 1 aromatic rings. The van der Waals surface area contributed by atoms with Crippen LogP contribution in [0.3, 0.4) is 0 Å². The molecule has 1 aromatic heterocycles. The number of H-pyrrole nitrogens is 1. The molecule has 1 aliphatic heterocycles. The third-order valence-corrected chi connectivity index (χ3v) is 2.77. The minimum Gasteiger partial charge on any atom is -0.376 e. The first-order valence-corrected chi connectivity index (χ1v) is 5.49. The van der Waals surface area contributed by atoms with Crippen LogP contribution in [0.5, 0.6) is 0 Å². The van der Waals surface area contributed by atoms with E-state index in [4.69, 9.17) is 4.74 Å². The van der Waals surface area contributed by atoms with Crippen molar-refractivity contribution in [2.45, 2.75) is 18.9 Å². The largest absolute Gasteiger partial charge is 0.376 e. The normalized spacial score (nSPS) is 22.4. The van der Waals surface area contributed by atoms with E-state index in [1.165, 1.54) is 0 Å². The van der Waals surface area contributed by atoms with Crippen LogP contribution in [0.25, 0.3) is 0 Å². The van der Waals surface area contributed by atoms with Gasteiger partial charge >= 0.3 is 4.87 Å². The number of ether oxygens (including phenoxy) is 1. The summed E-state index contributed by atoms with van der Waals surface area (Å²) in [6.07, 6.45) is 1.95. The first-order chi connectivity index (χ1) is 6.84. The zero-order chi connectivity index (χ0) is 9.80. The van der Waals surface area contributed by atoms with Gasteiger partial charge in [0.15, 0.2) is 0 Å². The topological polar surface area (TPSA) is 67.0 Å². The third-order valence-electron chi connectivity index (χ3n) is 2.19. The summed E-state index contributed by atoms with van der Waals surface area (Å²) in [5, 5.41) is 3.26. The number of morpholine rings is 1. The average Bonchev–Trinajstić information content (AvgIpc) is 2.63.